The van der Waals surface area contributed by atoms with Crippen LogP contribution in [0, 0.1) is 0 Å². The predicted octanol–water partition coefficient (Wildman–Crippen LogP) is 0.000300. The number of hydrogen-bond donors (Lipinski definition) is 1. The van der Waals surface area contributed by atoms with E-state index >= 15 is 0 Å². The quantitative estimate of drug-likeness (QED) is 0.263. The third kappa shape index (κ3) is 4.27. The minimum Gasteiger partial charge on any atom is -0.852 e. The summed E-state index contributed by atoms with van der Waals surface area (Å²) in [5.41, 5.74) is 0.322. The van der Waals surface area contributed by atoms with E-state index < -0.39 is 17.8 Å². The Morgan fingerprint density at radius 1 is 1.39 bits per heavy atom. The molecule has 0 aromatic heterocycles. The Kier molecular flexibility index (Phi) is 4.58. The average Bonchev–Trinajstić information content (AvgIpc) is 2.26. The van der Waals surface area contributed by atoms with Crippen LogP contribution in [0.4, 0.5) is 0 Å². The minimum absolute atomic E-state index is 0.0743. The zero-order valence-corrected chi connectivity index (χ0v) is 10.8. The van der Waals surface area contributed by atoms with Crippen molar-refractivity contribution in [1.29, 1.82) is 0 Å². The molecule has 0 amide bonds. The van der Waals surface area contributed by atoms with Crippen molar-refractivity contribution < 1.29 is 19.6 Å². The minimum atomic E-state index is -0.799. The van der Waals surface area contributed by atoms with Gasteiger partial charge in [0.2, 0.25) is 5.78 Å². The summed E-state index contributed by atoms with van der Waals surface area (Å²) >= 11 is 0. The Balaban J connectivity index is 2.87. The third-order valence-electron chi connectivity index (χ3n) is 2.30. The van der Waals surface area contributed by atoms with Crippen molar-refractivity contribution >= 4 is 11.7 Å². The lowest BCUT2D eigenvalue weighted by atomic mass is 10.1. The number of hydrogen-bond acceptors (Lipinski definition) is 4. The fraction of sp³-hybridized carbons (Fsp3) is 0.385. The number of benzene rings is 1. The summed E-state index contributed by atoms with van der Waals surface area (Å²) in [6.07, 6.45) is -0.594. The predicted molar refractivity (Wildman–Crippen MR) is 66.9 cm³/mol. The molecule has 0 radical (unpaired) electrons. The van der Waals surface area contributed by atoms with Gasteiger partial charge in [0.1, 0.15) is 12.6 Å². The highest BCUT2D eigenvalue weighted by molar-refractivity contribution is 6.41. The number of carbonyl (C=O) groups is 1. The van der Waals surface area contributed by atoms with Crippen LogP contribution in [0.2, 0.25) is 0 Å². The Labute approximate surface area is 107 Å². The molecule has 5 heteroatoms. The van der Waals surface area contributed by atoms with Crippen LogP contribution in [0.1, 0.15) is 17.3 Å². The van der Waals surface area contributed by atoms with Gasteiger partial charge in [-0.15, -0.1) is 0 Å². The Morgan fingerprint density at radius 3 is 2.44 bits per heavy atom. The molecule has 0 aliphatic carbocycles. The highest BCUT2D eigenvalue weighted by Gasteiger charge is 2.18. The van der Waals surface area contributed by atoms with Gasteiger partial charge in [0, 0.05) is 5.56 Å². The van der Waals surface area contributed by atoms with Crippen LogP contribution in [0.5, 0.6) is 0 Å². The molecule has 0 bridgehead atoms. The number of aliphatic hydroxyl groups is 1. The first kappa shape index (κ1) is 14.3. The molecule has 1 rings (SSSR count). The van der Waals surface area contributed by atoms with Crippen molar-refractivity contribution in [1.82, 2.24) is 0 Å². The van der Waals surface area contributed by atoms with Gasteiger partial charge in [-0.1, -0.05) is 35.4 Å². The van der Waals surface area contributed by atoms with Crippen LogP contribution < -0.4 is 5.11 Å². The van der Waals surface area contributed by atoms with Crippen LogP contribution >= 0.6 is 0 Å². The maximum Gasteiger partial charge on any atom is 0.201 e. The number of rotatable bonds is 5. The molecule has 0 aliphatic rings. The van der Waals surface area contributed by atoms with E-state index in [-0.39, 0.29) is 11.1 Å². The molecule has 1 aromatic rings. The summed E-state index contributed by atoms with van der Waals surface area (Å²) in [5.74, 6) is -1.43. The third-order valence-corrected chi connectivity index (χ3v) is 2.30. The molecular weight excluding hydrogens is 232 g/mol. The van der Waals surface area contributed by atoms with Crippen molar-refractivity contribution in [3.05, 3.63) is 35.9 Å². The fourth-order valence-electron chi connectivity index (χ4n) is 1.69. The molecule has 0 aliphatic heterocycles. The summed E-state index contributed by atoms with van der Waals surface area (Å²) < 4.78 is -0.0743. The second-order valence-corrected chi connectivity index (χ2v) is 4.75. The first-order chi connectivity index (χ1) is 8.32. The van der Waals surface area contributed by atoms with Crippen LogP contribution in [0.15, 0.2) is 35.4 Å². The Bertz CT molecular complexity index is 439. The van der Waals surface area contributed by atoms with Crippen molar-refractivity contribution in [2.75, 3.05) is 20.6 Å². The molecular formula is C13H18N2O3. The number of Topliss-reactive ketones (excluding diaryl/α,β-unsaturated/α-hetero) is 1. The van der Waals surface area contributed by atoms with E-state index in [9.17, 15) is 15.0 Å². The number of aliphatic hydroxyl groups excluding tert-OH is 1. The lowest BCUT2D eigenvalue weighted by molar-refractivity contribution is -0.900. The summed E-state index contributed by atoms with van der Waals surface area (Å²) in [5, 5.41) is 24.8. The number of carbonyl (C=O) groups excluding carboxylic acids is 1. The first-order valence-electron chi connectivity index (χ1n) is 5.70. The smallest absolute Gasteiger partial charge is 0.201 e. The largest absolute Gasteiger partial charge is 0.852 e. The summed E-state index contributed by atoms with van der Waals surface area (Å²) in [6.45, 7) is 1.88. The second-order valence-electron chi connectivity index (χ2n) is 4.75. The average molecular weight is 250 g/mol. The SMILES string of the molecule is CC(O)C[N+](C)(C)/N=C(\[O-])C(=O)c1ccccc1. The molecule has 0 fully saturated rings. The maximum absolute atomic E-state index is 11.8. The Morgan fingerprint density at radius 2 is 1.94 bits per heavy atom. The number of ketones is 1. The molecule has 18 heavy (non-hydrogen) atoms. The van der Waals surface area contributed by atoms with Gasteiger partial charge in [-0.25, -0.2) is 4.59 Å². The monoisotopic (exact) mass is 250 g/mol. The molecule has 1 N–H and O–H groups in total. The van der Waals surface area contributed by atoms with Crippen LogP contribution in [-0.2, 0) is 0 Å². The van der Waals surface area contributed by atoms with Crippen LogP contribution in [-0.4, -0.2) is 48.1 Å². The lowest BCUT2D eigenvalue weighted by Crippen LogP contribution is -2.43. The molecule has 0 saturated carbocycles. The zero-order valence-electron chi connectivity index (χ0n) is 10.8. The molecule has 0 spiro atoms. The molecule has 0 heterocycles. The van der Waals surface area contributed by atoms with Crippen LogP contribution in [0.3, 0.4) is 0 Å². The lowest BCUT2D eigenvalue weighted by Gasteiger charge is -2.26. The maximum atomic E-state index is 11.8. The van der Waals surface area contributed by atoms with Crippen molar-refractivity contribution in [2.24, 2.45) is 5.10 Å². The van der Waals surface area contributed by atoms with Gasteiger partial charge in [0.15, 0.2) is 0 Å². The van der Waals surface area contributed by atoms with Gasteiger partial charge in [-0.2, -0.15) is 0 Å². The Hall–Kier alpha value is -1.72. The van der Waals surface area contributed by atoms with Crippen molar-refractivity contribution in [3.63, 3.8) is 0 Å². The normalized spacial score (nSPS) is 14.3. The van der Waals surface area contributed by atoms with Gasteiger partial charge in [-0.3, -0.25) is 4.79 Å². The van der Waals surface area contributed by atoms with Gasteiger partial charge in [0.05, 0.1) is 20.0 Å². The summed E-state index contributed by atoms with van der Waals surface area (Å²) in [6, 6.07) is 8.30. The van der Waals surface area contributed by atoms with Crippen molar-refractivity contribution in [2.45, 2.75) is 13.0 Å². The highest BCUT2D eigenvalue weighted by Crippen LogP contribution is 2.04. The van der Waals surface area contributed by atoms with E-state index in [1.54, 1.807) is 51.4 Å². The van der Waals surface area contributed by atoms with Crippen LogP contribution in [0.25, 0.3) is 0 Å². The highest BCUT2D eigenvalue weighted by atomic mass is 16.3. The number of likely N-dealkylation sites (N-methyl/N-ethyl adjacent to an activating group) is 1. The molecule has 0 saturated heterocycles. The molecule has 1 unspecified atom stereocenters. The van der Waals surface area contributed by atoms with E-state index in [4.69, 9.17) is 0 Å². The van der Waals surface area contributed by atoms with E-state index in [1.807, 2.05) is 0 Å². The molecule has 1 aromatic carbocycles. The fourth-order valence-corrected chi connectivity index (χ4v) is 1.69. The van der Waals surface area contributed by atoms with E-state index in [0.29, 0.717) is 5.56 Å². The van der Waals surface area contributed by atoms with E-state index in [0.717, 1.165) is 0 Å². The summed E-state index contributed by atoms with van der Waals surface area (Å²) in [4.78, 5) is 11.8. The van der Waals surface area contributed by atoms with Gasteiger partial charge < -0.3 is 10.2 Å². The number of quaternary nitrogens is 1. The van der Waals surface area contributed by atoms with Crippen molar-refractivity contribution in [3.8, 4) is 0 Å². The van der Waals surface area contributed by atoms with Gasteiger partial charge in [-0.05, 0) is 6.92 Å². The zero-order chi connectivity index (χ0) is 13.8. The number of nitrogens with zero attached hydrogens (tertiary/aromatic N) is 2. The topological polar surface area (TPSA) is 72.7 Å². The van der Waals surface area contributed by atoms with E-state index in [2.05, 4.69) is 5.10 Å². The summed E-state index contributed by atoms with van der Waals surface area (Å²) in [7, 11) is 3.31. The van der Waals surface area contributed by atoms with Gasteiger partial charge >= 0.3 is 0 Å². The standard InChI is InChI=1S/C13H18N2O3/c1-10(16)9-15(2,3)14-13(18)12(17)11-7-5-4-6-8-11/h4-8,10,16H,9H2,1-3H3. The van der Waals surface area contributed by atoms with E-state index in [1.165, 1.54) is 0 Å². The molecule has 1 atom stereocenters. The first-order valence-corrected chi connectivity index (χ1v) is 5.70. The second kappa shape index (κ2) is 5.75. The molecule has 98 valence electrons. The van der Waals surface area contributed by atoms with Gasteiger partial charge in [0.25, 0.3) is 0 Å². The molecule has 5 nitrogen and oxygen atoms in total.